The minimum Gasteiger partial charge on any atom is -0.375 e. The molecule has 0 bridgehead atoms. The van der Waals surface area contributed by atoms with E-state index >= 15 is 0 Å². The van der Waals surface area contributed by atoms with Crippen molar-refractivity contribution >= 4 is 41.8 Å². The number of nitrogens with zero attached hydrogens (tertiary/aromatic N) is 2. The summed E-state index contributed by atoms with van der Waals surface area (Å²) in [7, 11) is -0.514. The minimum atomic E-state index is -0.514. The topological polar surface area (TPSA) is 7.12 Å². The third-order valence-corrected chi connectivity index (χ3v) is 9.27. The van der Waals surface area contributed by atoms with Crippen molar-refractivity contribution < 1.29 is 4.57 Å². The molecule has 3 aliphatic heterocycles. The Hall–Kier alpha value is -2.90. The molecule has 0 fully saturated rings. The van der Waals surface area contributed by atoms with Gasteiger partial charge in [-0.3, -0.25) is 0 Å². The highest BCUT2D eigenvalue weighted by molar-refractivity contribution is 8.04. The van der Waals surface area contributed by atoms with Crippen molar-refractivity contribution in [1.29, 1.82) is 0 Å². The molecule has 1 atom stereocenters. The highest BCUT2D eigenvalue weighted by Crippen LogP contribution is 2.55. The first-order valence-electron chi connectivity index (χ1n) is 10.2. The first kappa shape index (κ1) is 16.0. The van der Waals surface area contributed by atoms with Gasteiger partial charge in [-0.1, -0.05) is 60.7 Å². The number of aromatic nitrogens is 1. The fourth-order valence-corrected chi connectivity index (χ4v) is 8.33. The molecule has 0 radical (unpaired) electrons. The van der Waals surface area contributed by atoms with Gasteiger partial charge in [-0.05, 0) is 43.0 Å². The highest BCUT2D eigenvalue weighted by Gasteiger charge is 2.52. The Kier molecular flexibility index (Phi) is 3.07. The number of rotatable bonds is 1. The van der Waals surface area contributed by atoms with E-state index in [0.29, 0.717) is 6.57 Å². The molecule has 0 saturated heterocycles. The summed E-state index contributed by atoms with van der Waals surface area (Å²) < 4.78 is 2.45. The molecule has 1 unspecified atom stereocenters. The van der Waals surface area contributed by atoms with Gasteiger partial charge in [0, 0.05) is 28.5 Å². The Balaban J connectivity index is 1.60. The highest BCUT2D eigenvalue weighted by atomic mass is 31.1. The van der Waals surface area contributed by atoms with Crippen molar-refractivity contribution in [2.75, 3.05) is 4.81 Å². The normalized spacial score (nSPS) is 17.2. The maximum absolute atomic E-state index is 2.65. The third-order valence-electron chi connectivity index (χ3n) is 6.52. The third kappa shape index (κ3) is 1.99. The van der Waals surface area contributed by atoms with E-state index in [2.05, 4.69) is 101 Å². The van der Waals surface area contributed by atoms with Crippen LogP contribution in [0.5, 0.6) is 0 Å². The van der Waals surface area contributed by atoms with Gasteiger partial charge in [-0.2, -0.15) is 4.57 Å². The molecule has 0 aliphatic carbocycles. The fraction of sp³-hybridized carbons (Fsp3) is 0.0800. The van der Waals surface area contributed by atoms with Crippen LogP contribution in [-0.2, 0) is 6.54 Å². The maximum atomic E-state index is 2.65. The summed E-state index contributed by atoms with van der Waals surface area (Å²) in [5, 5.41) is 2.96. The Bertz CT molecular complexity index is 1320. The fourth-order valence-electron chi connectivity index (χ4n) is 5.39. The van der Waals surface area contributed by atoms with Crippen LogP contribution in [0.15, 0.2) is 85.1 Å². The first-order chi connectivity index (χ1) is 14.3. The zero-order valence-corrected chi connectivity index (χ0v) is 17.1. The molecular formula is C25H19BN2P+. The Morgan fingerprint density at radius 2 is 1.79 bits per heavy atom. The van der Waals surface area contributed by atoms with Crippen molar-refractivity contribution in [1.82, 2.24) is 0 Å². The zero-order chi connectivity index (χ0) is 19.1. The number of fused-ring (bicyclic) bond motifs is 5. The summed E-state index contributed by atoms with van der Waals surface area (Å²) in [6.45, 7) is 3.55. The summed E-state index contributed by atoms with van der Waals surface area (Å²) in [4.78, 5) is 2.65. The number of hydrogen-bond donors (Lipinski definition) is 0. The SMILES string of the molecule is Cc1ccc2c(c1)N1B(c3ccc[n+]4c3-c3c(cccc31)C4)P2c1ccccc1. The molecule has 4 heteroatoms. The second kappa shape index (κ2) is 5.59. The second-order valence-electron chi connectivity index (χ2n) is 8.19. The largest absolute Gasteiger partial charge is 0.375 e. The molecule has 29 heavy (non-hydrogen) atoms. The molecule has 0 N–H and O–H groups in total. The summed E-state index contributed by atoms with van der Waals surface area (Å²) >= 11 is 0. The van der Waals surface area contributed by atoms with Gasteiger partial charge < -0.3 is 4.81 Å². The van der Waals surface area contributed by atoms with Gasteiger partial charge in [-0.15, -0.1) is 0 Å². The minimum absolute atomic E-state index is 0.354. The summed E-state index contributed by atoms with van der Waals surface area (Å²) in [6, 6.07) is 29.7. The molecule has 136 valence electrons. The van der Waals surface area contributed by atoms with Crippen LogP contribution < -0.4 is 25.4 Å². The molecule has 3 aliphatic rings. The molecular weight excluding hydrogens is 370 g/mol. The van der Waals surface area contributed by atoms with Crippen molar-refractivity contribution in [3.8, 4) is 11.3 Å². The molecule has 2 nitrogen and oxygen atoms in total. The van der Waals surface area contributed by atoms with E-state index in [1.54, 1.807) is 0 Å². The molecule has 0 spiro atoms. The van der Waals surface area contributed by atoms with Crippen LogP contribution in [0, 0.1) is 6.92 Å². The van der Waals surface area contributed by atoms with Crippen molar-refractivity contribution in [2.24, 2.45) is 0 Å². The van der Waals surface area contributed by atoms with Crippen molar-refractivity contribution in [3.05, 3.63) is 96.2 Å². The Morgan fingerprint density at radius 3 is 2.69 bits per heavy atom. The van der Waals surface area contributed by atoms with Gasteiger partial charge in [0.15, 0.2) is 12.7 Å². The van der Waals surface area contributed by atoms with Crippen molar-refractivity contribution in [3.63, 3.8) is 0 Å². The number of hydrogen-bond acceptors (Lipinski definition) is 1. The average Bonchev–Trinajstić information content (AvgIpc) is 3.30. The number of pyridine rings is 1. The molecule has 3 aromatic carbocycles. The van der Waals surface area contributed by atoms with E-state index in [-0.39, 0.29) is 0 Å². The summed E-state index contributed by atoms with van der Waals surface area (Å²) in [5.74, 6) is 0. The predicted octanol–water partition coefficient (Wildman–Crippen LogP) is 3.60. The molecule has 0 saturated carbocycles. The van der Waals surface area contributed by atoms with Gasteiger partial charge in [0.25, 0.3) is 0 Å². The molecule has 4 heterocycles. The van der Waals surface area contributed by atoms with Crippen LogP contribution in [0.4, 0.5) is 11.4 Å². The summed E-state index contributed by atoms with van der Waals surface area (Å²) in [5.41, 5.74) is 9.90. The smallest absolute Gasteiger partial charge is 0.339 e. The van der Waals surface area contributed by atoms with Gasteiger partial charge in [0.2, 0.25) is 5.69 Å². The molecule has 7 rings (SSSR count). The number of anilines is 2. The molecule has 4 aromatic rings. The lowest BCUT2D eigenvalue weighted by molar-refractivity contribution is -0.671. The van der Waals surface area contributed by atoms with Gasteiger partial charge in [0.1, 0.15) is 0 Å². The summed E-state index contributed by atoms with van der Waals surface area (Å²) in [6.07, 6.45) is 2.25. The van der Waals surface area contributed by atoms with Crippen LogP contribution in [0.1, 0.15) is 11.1 Å². The van der Waals surface area contributed by atoms with Crippen LogP contribution >= 0.6 is 7.80 Å². The van der Waals surface area contributed by atoms with Gasteiger partial charge >= 0.3 is 6.57 Å². The lowest BCUT2D eigenvalue weighted by Crippen LogP contribution is -2.51. The lowest BCUT2D eigenvalue weighted by Gasteiger charge is -2.33. The average molecular weight is 389 g/mol. The zero-order valence-electron chi connectivity index (χ0n) is 16.2. The quantitative estimate of drug-likeness (QED) is 0.241. The van der Waals surface area contributed by atoms with E-state index in [9.17, 15) is 0 Å². The van der Waals surface area contributed by atoms with Crippen LogP contribution in [0.2, 0.25) is 0 Å². The standard InChI is InChI=1S/C25H19BN2P/c1-17-12-13-23-22(15-17)28-21-11-5-7-18-16-27-14-6-10-20(25(27)24(18)21)26(28)29(23)19-8-3-2-4-9-19/h2-15H,16H2,1H3/q+1. The van der Waals surface area contributed by atoms with Crippen LogP contribution in [0.3, 0.4) is 0 Å². The predicted molar refractivity (Wildman–Crippen MR) is 123 cm³/mol. The van der Waals surface area contributed by atoms with Crippen LogP contribution in [0.25, 0.3) is 11.3 Å². The first-order valence-corrected chi connectivity index (χ1v) is 11.6. The van der Waals surface area contributed by atoms with E-state index in [0.717, 1.165) is 6.54 Å². The van der Waals surface area contributed by atoms with Crippen LogP contribution in [-0.4, -0.2) is 6.57 Å². The molecule has 0 amide bonds. The number of benzene rings is 3. The van der Waals surface area contributed by atoms with E-state index in [4.69, 9.17) is 0 Å². The Labute approximate surface area is 172 Å². The number of aryl methyl sites for hydroxylation is 1. The second-order valence-corrected chi connectivity index (χ2v) is 10.4. The van der Waals surface area contributed by atoms with E-state index in [1.165, 1.54) is 49.8 Å². The lowest BCUT2D eigenvalue weighted by atomic mass is 9.71. The van der Waals surface area contributed by atoms with Gasteiger partial charge in [0.05, 0.1) is 5.56 Å². The maximum Gasteiger partial charge on any atom is 0.339 e. The van der Waals surface area contributed by atoms with Crippen molar-refractivity contribution in [2.45, 2.75) is 13.5 Å². The van der Waals surface area contributed by atoms with Gasteiger partial charge in [-0.25, -0.2) is 0 Å². The van der Waals surface area contributed by atoms with E-state index in [1.807, 2.05) is 0 Å². The monoisotopic (exact) mass is 389 g/mol. The van der Waals surface area contributed by atoms with E-state index < -0.39 is 7.80 Å². The molecule has 1 aromatic heterocycles. The Morgan fingerprint density at radius 1 is 0.897 bits per heavy atom.